The number of benzene rings is 2. The lowest BCUT2D eigenvalue weighted by atomic mass is 10.2. The van der Waals surface area contributed by atoms with Crippen LogP contribution in [0.1, 0.15) is 24.2 Å². The van der Waals surface area contributed by atoms with E-state index in [1.54, 1.807) is 24.3 Å². The Balaban J connectivity index is 2.11. The Morgan fingerprint density at radius 1 is 0.964 bits per heavy atom. The zero-order valence-electron chi connectivity index (χ0n) is 15.4. The SMILES string of the molecule is CCN(CC)c1ccc(C(=O)NNS(=O)(=O)c2cccc(S(N)(=O)=O)c2)cc1. The van der Waals surface area contributed by atoms with Crippen LogP contribution >= 0.6 is 0 Å². The molecule has 2 rings (SSSR count). The summed E-state index contributed by atoms with van der Waals surface area (Å²) in [5.41, 5.74) is 3.31. The number of nitrogens with one attached hydrogen (secondary N) is 2. The van der Waals surface area contributed by atoms with Gasteiger partial charge in [-0.25, -0.2) is 22.0 Å². The predicted octanol–water partition coefficient (Wildman–Crippen LogP) is 0.804. The molecule has 11 heteroatoms. The average Bonchev–Trinajstić information content (AvgIpc) is 2.67. The number of nitrogens with zero attached hydrogens (tertiary/aromatic N) is 1. The molecule has 0 fully saturated rings. The van der Waals surface area contributed by atoms with Crippen molar-refractivity contribution in [3.05, 3.63) is 54.1 Å². The van der Waals surface area contributed by atoms with Gasteiger partial charge in [0.25, 0.3) is 15.9 Å². The summed E-state index contributed by atoms with van der Waals surface area (Å²) in [6.45, 7) is 5.67. The lowest BCUT2D eigenvalue weighted by Crippen LogP contribution is -2.41. The highest BCUT2D eigenvalue weighted by Crippen LogP contribution is 2.16. The van der Waals surface area contributed by atoms with Crippen LogP contribution in [0.4, 0.5) is 5.69 Å². The molecule has 0 atom stereocenters. The summed E-state index contributed by atoms with van der Waals surface area (Å²) >= 11 is 0. The number of hydrogen-bond acceptors (Lipinski definition) is 6. The number of carbonyl (C=O) groups excluding carboxylic acids is 1. The Morgan fingerprint density at radius 2 is 1.54 bits per heavy atom. The van der Waals surface area contributed by atoms with Crippen molar-refractivity contribution < 1.29 is 21.6 Å². The fraction of sp³-hybridized carbons (Fsp3) is 0.235. The lowest BCUT2D eigenvalue weighted by Gasteiger charge is -2.21. The van der Waals surface area contributed by atoms with Crippen molar-refractivity contribution in [3.63, 3.8) is 0 Å². The molecule has 0 aliphatic heterocycles. The van der Waals surface area contributed by atoms with Gasteiger partial charge in [-0.05, 0) is 56.3 Å². The summed E-state index contributed by atoms with van der Waals surface area (Å²) in [6, 6.07) is 11.2. The second-order valence-electron chi connectivity index (χ2n) is 5.80. The third-order valence-electron chi connectivity index (χ3n) is 4.00. The molecule has 0 aliphatic rings. The lowest BCUT2D eigenvalue weighted by molar-refractivity contribution is 0.0945. The smallest absolute Gasteiger partial charge is 0.266 e. The maximum absolute atomic E-state index is 12.3. The third-order valence-corrected chi connectivity index (χ3v) is 6.16. The monoisotopic (exact) mass is 426 g/mol. The maximum atomic E-state index is 12.3. The first-order valence-electron chi connectivity index (χ1n) is 8.38. The predicted molar refractivity (Wildman–Crippen MR) is 106 cm³/mol. The molecule has 4 N–H and O–H groups in total. The van der Waals surface area contributed by atoms with Crippen molar-refractivity contribution >= 4 is 31.6 Å². The van der Waals surface area contributed by atoms with E-state index in [9.17, 15) is 21.6 Å². The number of hydrazine groups is 1. The minimum atomic E-state index is -4.19. The summed E-state index contributed by atoms with van der Waals surface area (Å²) in [4.78, 5) is 15.5. The number of primary sulfonamides is 1. The quantitative estimate of drug-likeness (QED) is 0.534. The van der Waals surface area contributed by atoms with Crippen molar-refractivity contribution in [1.29, 1.82) is 0 Å². The van der Waals surface area contributed by atoms with Crippen LogP contribution in [-0.2, 0) is 20.0 Å². The van der Waals surface area contributed by atoms with Crippen molar-refractivity contribution in [2.75, 3.05) is 18.0 Å². The molecule has 0 bridgehead atoms. The molecular weight excluding hydrogens is 404 g/mol. The van der Waals surface area contributed by atoms with E-state index < -0.39 is 26.0 Å². The van der Waals surface area contributed by atoms with Gasteiger partial charge in [-0.2, -0.15) is 0 Å². The van der Waals surface area contributed by atoms with Gasteiger partial charge >= 0.3 is 0 Å². The fourth-order valence-electron chi connectivity index (χ4n) is 2.48. The third kappa shape index (κ3) is 5.29. The van der Waals surface area contributed by atoms with E-state index >= 15 is 0 Å². The van der Waals surface area contributed by atoms with E-state index in [0.717, 1.165) is 24.8 Å². The molecule has 0 aromatic heterocycles. The van der Waals surface area contributed by atoms with Crippen LogP contribution in [0.3, 0.4) is 0 Å². The number of sulfonamides is 2. The molecule has 1 amide bonds. The van der Waals surface area contributed by atoms with Gasteiger partial charge in [0.1, 0.15) is 0 Å². The van der Waals surface area contributed by atoms with E-state index in [0.29, 0.717) is 0 Å². The van der Waals surface area contributed by atoms with Crippen LogP contribution in [0.25, 0.3) is 0 Å². The van der Waals surface area contributed by atoms with Crippen LogP contribution in [0.5, 0.6) is 0 Å². The van der Waals surface area contributed by atoms with Gasteiger partial charge in [-0.15, -0.1) is 4.83 Å². The summed E-state index contributed by atoms with van der Waals surface area (Å²) in [5, 5.41) is 5.00. The molecule has 28 heavy (non-hydrogen) atoms. The topological polar surface area (TPSA) is 139 Å². The summed E-state index contributed by atoms with van der Waals surface area (Å²) < 4.78 is 47.3. The average molecular weight is 427 g/mol. The van der Waals surface area contributed by atoms with Crippen LogP contribution in [-0.4, -0.2) is 35.8 Å². The number of hydrogen-bond donors (Lipinski definition) is 3. The number of anilines is 1. The molecule has 2 aromatic carbocycles. The molecule has 152 valence electrons. The van der Waals surface area contributed by atoms with E-state index in [-0.39, 0.29) is 15.4 Å². The molecule has 0 saturated heterocycles. The second kappa shape index (κ2) is 8.69. The number of nitrogens with two attached hydrogens (primary N) is 1. The Bertz CT molecular complexity index is 1050. The fourth-order valence-corrected chi connectivity index (χ4v) is 3.99. The normalized spacial score (nSPS) is 11.8. The summed E-state index contributed by atoms with van der Waals surface area (Å²) in [6.07, 6.45) is 0. The summed E-state index contributed by atoms with van der Waals surface area (Å²) in [7, 11) is -8.24. The first-order chi connectivity index (χ1) is 13.1. The van der Waals surface area contributed by atoms with Gasteiger partial charge in [-0.3, -0.25) is 10.2 Å². The number of carbonyl (C=O) groups is 1. The van der Waals surface area contributed by atoms with Gasteiger partial charge in [0.05, 0.1) is 9.79 Å². The molecule has 2 aromatic rings. The minimum Gasteiger partial charge on any atom is -0.372 e. The van der Waals surface area contributed by atoms with Gasteiger partial charge in [0.2, 0.25) is 10.0 Å². The Hall–Kier alpha value is -2.47. The number of rotatable bonds is 8. The molecular formula is C17H22N4O5S2. The van der Waals surface area contributed by atoms with Crippen molar-refractivity contribution in [2.24, 2.45) is 5.14 Å². The Labute approximate surface area is 164 Å². The van der Waals surface area contributed by atoms with Crippen LogP contribution in [0, 0.1) is 0 Å². The van der Waals surface area contributed by atoms with Gasteiger partial charge in [0, 0.05) is 24.3 Å². The Kier molecular flexibility index (Phi) is 6.77. The van der Waals surface area contributed by atoms with Crippen LogP contribution in [0.15, 0.2) is 58.3 Å². The first-order valence-corrected chi connectivity index (χ1v) is 11.4. The first kappa shape index (κ1) is 21.8. The van der Waals surface area contributed by atoms with E-state index in [4.69, 9.17) is 5.14 Å². The van der Waals surface area contributed by atoms with Crippen LogP contribution in [0.2, 0.25) is 0 Å². The molecule has 0 aliphatic carbocycles. The maximum Gasteiger partial charge on any atom is 0.266 e. The molecule has 0 unspecified atom stereocenters. The standard InChI is InChI=1S/C17H22N4O5S2/c1-3-21(4-2)14-10-8-13(9-11-14)17(22)19-20-28(25,26)16-7-5-6-15(12-16)27(18,23)24/h5-12,20H,3-4H2,1-2H3,(H,19,22)(H2,18,23,24). The van der Waals surface area contributed by atoms with Crippen molar-refractivity contribution in [2.45, 2.75) is 23.6 Å². The molecule has 0 heterocycles. The highest BCUT2D eigenvalue weighted by molar-refractivity contribution is 7.90. The van der Waals surface area contributed by atoms with Gasteiger partial charge in [-0.1, -0.05) is 6.07 Å². The highest BCUT2D eigenvalue weighted by atomic mass is 32.2. The van der Waals surface area contributed by atoms with E-state index in [2.05, 4.69) is 10.3 Å². The molecule has 0 spiro atoms. The van der Waals surface area contributed by atoms with Crippen LogP contribution < -0.4 is 20.3 Å². The molecule has 0 radical (unpaired) electrons. The van der Waals surface area contributed by atoms with Gasteiger partial charge in [0.15, 0.2) is 0 Å². The van der Waals surface area contributed by atoms with Crippen molar-refractivity contribution in [3.8, 4) is 0 Å². The molecule has 9 nitrogen and oxygen atoms in total. The zero-order chi connectivity index (χ0) is 20.9. The second-order valence-corrected chi connectivity index (χ2v) is 9.04. The summed E-state index contributed by atoms with van der Waals surface area (Å²) in [5.74, 6) is -0.655. The minimum absolute atomic E-state index is 0.261. The van der Waals surface area contributed by atoms with E-state index in [1.165, 1.54) is 18.2 Å². The highest BCUT2D eigenvalue weighted by Gasteiger charge is 2.18. The van der Waals surface area contributed by atoms with Gasteiger partial charge < -0.3 is 4.90 Å². The number of amides is 1. The van der Waals surface area contributed by atoms with Crippen molar-refractivity contribution in [1.82, 2.24) is 10.3 Å². The zero-order valence-corrected chi connectivity index (χ0v) is 17.0. The van der Waals surface area contributed by atoms with E-state index in [1.807, 2.05) is 18.7 Å². The molecule has 0 saturated carbocycles. The largest absolute Gasteiger partial charge is 0.372 e. The Morgan fingerprint density at radius 3 is 2.07 bits per heavy atom.